The predicted octanol–water partition coefficient (Wildman–Crippen LogP) is 2.40. The van der Waals surface area contributed by atoms with Gasteiger partial charge in [-0.15, -0.1) is 5.10 Å². The molecule has 0 fully saturated rings. The molecule has 132 valence electrons. The Morgan fingerprint density at radius 2 is 2.04 bits per heavy atom. The van der Waals surface area contributed by atoms with E-state index >= 15 is 0 Å². The lowest BCUT2D eigenvalue weighted by Crippen LogP contribution is -2.20. The number of nitrogens with one attached hydrogen (secondary N) is 2. The number of rotatable bonds is 5. The second-order valence-electron chi connectivity index (χ2n) is 5.17. The molecule has 0 spiro atoms. The molecular weight excluding hydrogens is 345 g/mol. The largest absolute Gasteiger partial charge is 0.351 e. The fourth-order valence-corrected chi connectivity index (χ4v) is 2.65. The molecule has 3 aromatic rings. The molecule has 11 heteroatoms. The summed E-state index contributed by atoms with van der Waals surface area (Å²) in [6.07, 6.45) is 0. The standard InChI is InChI=1S/C15H12FN7O3/c16-7-8-3-1-2-4-9(8)12-11(23(25)26)6-5-10(18-15(17)24)13(12)14-19-21-22-20-14/h1-6H,7H2,(H3,17,18,24)(H,19,20,21,22). The molecule has 1 aromatic heterocycles. The van der Waals surface area contributed by atoms with Crippen molar-refractivity contribution in [1.82, 2.24) is 20.6 Å². The van der Waals surface area contributed by atoms with Gasteiger partial charge in [0.25, 0.3) is 5.69 Å². The van der Waals surface area contributed by atoms with Crippen LogP contribution in [0, 0.1) is 10.1 Å². The maximum Gasteiger partial charge on any atom is 0.316 e. The van der Waals surface area contributed by atoms with Crippen LogP contribution in [0.5, 0.6) is 0 Å². The summed E-state index contributed by atoms with van der Waals surface area (Å²) in [5.41, 5.74) is 5.74. The molecular formula is C15H12FN7O3. The number of anilines is 1. The molecule has 0 aliphatic heterocycles. The van der Waals surface area contributed by atoms with Gasteiger partial charge < -0.3 is 11.1 Å². The number of carbonyl (C=O) groups excluding carboxylic acids is 1. The first kappa shape index (κ1) is 17.0. The summed E-state index contributed by atoms with van der Waals surface area (Å²) in [5, 5.41) is 27.2. The predicted molar refractivity (Wildman–Crippen MR) is 89.7 cm³/mol. The third-order valence-corrected chi connectivity index (χ3v) is 3.65. The number of tetrazole rings is 1. The van der Waals surface area contributed by atoms with E-state index in [1.165, 1.54) is 18.2 Å². The molecule has 2 aromatic carbocycles. The smallest absolute Gasteiger partial charge is 0.316 e. The molecule has 0 aliphatic carbocycles. The number of nitro groups is 1. The zero-order valence-electron chi connectivity index (χ0n) is 13.1. The van der Waals surface area contributed by atoms with Gasteiger partial charge in [0.05, 0.1) is 21.7 Å². The number of nitrogens with two attached hydrogens (primary N) is 1. The number of carbonyl (C=O) groups is 1. The second-order valence-corrected chi connectivity index (χ2v) is 5.17. The minimum atomic E-state index is -0.877. The highest BCUT2D eigenvalue weighted by molar-refractivity contribution is 6.00. The molecule has 1 heterocycles. The molecule has 0 saturated carbocycles. The lowest BCUT2D eigenvalue weighted by atomic mass is 9.92. The van der Waals surface area contributed by atoms with Crippen molar-refractivity contribution in [3.63, 3.8) is 0 Å². The number of benzene rings is 2. The lowest BCUT2D eigenvalue weighted by molar-refractivity contribution is -0.384. The highest BCUT2D eigenvalue weighted by atomic mass is 19.1. The Morgan fingerprint density at radius 1 is 1.27 bits per heavy atom. The van der Waals surface area contributed by atoms with E-state index in [1.807, 2.05) is 0 Å². The van der Waals surface area contributed by atoms with Gasteiger partial charge in [0.2, 0.25) is 0 Å². The van der Waals surface area contributed by atoms with Crippen molar-refractivity contribution >= 4 is 17.4 Å². The van der Waals surface area contributed by atoms with E-state index in [2.05, 4.69) is 25.9 Å². The highest BCUT2D eigenvalue weighted by Crippen LogP contribution is 2.43. The van der Waals surface area contributed by atoms with Crippen molar-refractivity contribution in [2.75, 3.05) is 5.32 Å². The van der Waals surface area contributed by atoms with Crippen molar-refractivity contribution < 1.29 is 14.1 Å². The van der Waals surface area contributed by atoms with Crippen LogP contribution in [0.2, 0.25) is 0 Å². The van der Waals surface area contributed by atoms with Gasteiger partial charge in [0, 0.05) is 6.07 Å². The van der Waals surface area contributed by atoms with E-state index in [-0.39, 0.29) is 39.5 Å². The molecule has 2 amide bonds. The van der Waals surface area contributed by atoms with E-state index < -0.39 is 17.6 Å². The second kappa shape index (κ2) is 6.93. The van der Waals surface area contributed by atoms with Crippen LogP contribution >= 0.6 is 0 Å². The Hall–Kier alpha value is -3.89. The summed E-state index contributed by atoms with van der Waals surface area (Å²) < 4.78 is 13.5. The molecule has 0 atom stereocenters. The topological polar surface area (TPSA) is 153 Å². The Labute approximate surface area is 145 Å². The van der Waals surface area contributed by atoms with Gasteiger partial charge in [0.1, 0.15) is 6.67 Å². The molecule has 0 radical (unpaired) electrons. The van der Waals surface area contributed by atoms with Gasteiger partial charge in [-0.3, -0.25) is 10.1 Å². The first-order valence-electron chi connectivity index (χ1n) is 7.29. The zero-order chi connectivity index (χ0) is 18.7. The number of alkyl halides is 1. The summed E-state index contributed by atoms with van der Waals surface area (Å²) in [4.78, 5) is 22.3. The average Bonchev–Trinajstić information content (AvgIpc) is 3.14. The van der Waals surface area contributed by atoms with Gasteiger partial charge in [-0.2, -0.15) is 0 Å². The number of hydrogen-bond donors (Lipinski definition) is 3. The fourth-order valence-electron chi connectivity index (χ4n) is 2.65. The van der Waals surface area contributed by atoms with E-state index in [0.717, 1.165) is 0 Å². The van der Waals surface area contributed by atoms with Crippen LogP contribution in [0.25, 0.3) is 22.5 Å². The molecule has 0 aliphatic rings. The van der Waals surface area contributed by atoms with Crippen molar-refractivity contribution in [2.45, 2.75) is 6.67 Å². The summed E-state index contributed by atoms with van der Waals surface area (Å²) in [5.74, 6) is 0.0566. The monoisotopic (exact) mass is 357 g/mol. The molecule has 0 saturated heterocycles. The van der Waals surface area contributed by atoms with E-state index in [4.69, 9.17) is 5.73 Å². The first-order valence-corrected chi connectivity index (χ1v) is 7.29. The minimum absolute atomic E-state index is 0.0566. The lowest BCUT2D eigenvalue weighted by Gasteiger charge is -2.15. The Bertz CT molecular complexity index is 975. The van der Waals surface area contributed by atoms with Gasteiger partial charge in [-0.1, -0.05) is 24.3 Å². The number of hydrogen-bond acceptors (Lipinski definition) is 6. The number of primary amides is 1. The molecule has 26 heavy (non-hydrogen) atoms. The van der Waals surface area contributed by atoms with Crippen LogP contribution in [-0.2, 0) is 6.67 Å². The Morgan fingerprint density at radius 3 is 2.65 bits per heavy atom. The van der Waals surface area contributed by atoms with Crippen LogP contribution in [0.4, 0.5) is 20.6 Å². The molecule has 10 nitrogen and oxygen atoms in total. The normalized spacial score (nSPS) is 10.5. The SMILES string of the molecule is NC(=O)Nc1ccc([N+](=O)[O-])c(-c2ccccc2CF)c1-c1nnn[nH]1. The number of aromatic nitrogens is 4. The van der Waals surface area contributed by atoms with Crippen molar-refractivity contribution in [3.05, 3.63) is 52.1 Å². The number of halogens is 1. The summed E-state index contributed by atoms with van der Waals surface area (Å²) >= 11 is 0. The van der Waals surface area contributed by atoms with E-state index in [0.29, 0.717) is 0 Å². The van der Waals surface area contributed by atoms with Gasteiger partial charge in [0.15, 0.2) is 5.82 Å². The first-order chi connectivity index (χ1) is 12.5. The van der Waals surface area contributed by atoms with Gasteiger partial charge in [-0.05, 0) is 27.6 Å². The maximum absolute atomic E-state index is 13.5. The number of H-pyrrole nitrogens is 1. The van der Waals surface area contributed by atoms with Crippen LogP contribution < -0.4 is 11.1 Å². The minimum Gasteiger partial charge on any atom is -0.351 e. The van der Waals surface area contributed by atoms with Crippen LogP contribution in [0.15, 0.2) is 36.4 Å². The van der Waals surface area contributed by atoms with E-state index in [9.17, 15) is 19.3 Å². The van der Waals surface area contributed by atoms with Crippen LogP contribution in [0.3, 0.4) is 0 Å². The summed E-state index contributed by atoms with van der Waals surface area (Å²) in [6.45, 7) is -0.838. The molecule has 4 N–H and O–H groups in total. The fraction of sp³-hybridized carbons (Fsp3) is 0.0667. The quantitative estimate of drug-likeness (QED) is 0.471. The average molecular weight is 357 g/mol. The van der Waals surface area contributed by atoms with Gasteiger partial charge in [-0.25, -0.2) is 14.3 Å². The van der Waals surface area contributed by atoms with Crippen molar-refractivity contribution in [2.24, 2.45) is 5.73 Å². The van der Waals surface area contributed by atoms with Crippen molar-refractivity contribution in [3.8, 4) is 22.5 Å². The highest BCUT2D eigenvalue weighted by Gasteiger charge is 2.27. The number of urea groups is 1. The Kier molecular flexibility index (Phi) is 4.51. The number of amides is 2. The summed E-state index contributed by atoms with van der Waals surface area (Å²) in [6, 6.07) is 7.91. The molecule has 0 bridgehead atoms. The van der Waals surface area contributed by atoms with E-state index in [1.54, 1.807) is 18.2 Å². The van der Waals surface area contributed by atoms with Crippen LogP contribution in [0.1, 0.15) is 5.56 Å². The zero-order valence-corrected chi connectivity index (χ0v) is 13.1. The number of nitro benzene ring substituents is 1. The Balaban J connectivity index is 2.42. The number of nitrogens with zero attached hydrogens (tertiary/aromatic N) is 4. The van der Waals surface area contributed by atoms with Crippen LogP contribution in [-0.4, -0.2) is 31.6 Å². The molecule has 0 unspecified atom stereocenters. The molecule has 3 rings (SSSR count). The third kappa shape index (κ3) is 3.05. The third-order valence-electron chi connectivity index (χ3n) is 3.65. The number of aromatic amines is 1. The maximum atomic E-state index is 13.5. The summed E-state index contributed by atoms with van der Waals surface area (Å²) in [7, 11) is 0. The van der Waals surface area contributed by atoms with Crippen molar-refractivity contribution in [1.29, 1.82) is 0 Å². The van der Waals surface area contributed by atoms with Gasteiger partial charge >= 0.3 is 6.03 Å².